The highest BCUT2D eigenvalue weighted by atomic mass is 32.2. The van der Waals surface area contributed by atoms with Crippen LogP contribution in [-0.4, -0.2) is 334 Å². The van der Waals surface area contributed by atoms with Crippen LogP contribution in [0.4, 0.5) is 0 Å². The first-order chi connectivity index (χ1) is 62.8. The SMILES string of the molecule is CCCC[C@H]1C(=O)N(C)[C@@H](CCCC)C(=O)N[C@@H](CCC(=O)O)C(=O)N[C@H](C(=O)NCC(N)=O)CSCC(=O)N[C@@H](Cc2ccc(O)cc2)C(=O)N(C)[C@@H](C)C(=O)N[C@@H](CC(=O)O)C(=O)N2CCC[C@H]2C(=O)N[C@@H](CO)C(=O)N[C@@H](CCC(=O)O)C(=O)N2C[C@H](O)C[C@H]2C(=O)N[C@@H](Cc2c[nH]c3ccccc23)C(=O)N[C@@H](CCN)C(=O)N[C@@H](Cc2c[nH]c3ccccc23)C(=O)N1C. The first-order valence-corrected chi connectivity index (χ1v) is 44.7. The van der Waals surface area contributed by atoms with E-state index < -0.39 is 273 Å². The Kier molecular flexibility index (Phi) is 39.1. The minimum absolute atomic E-state index is 0.0477. The molecule has 132 heavy (non-hydrogen) atoms. The van der Waals surface area contributed by atoms with Crippen LogP contribution in [0.25, 0.3) is 21.8 Å². The number of nitrogens with one attached hydrogen (secondary N) is 12. The van der Waals surface area contributed by atoms with E-state index in [4.69, 9.17) is 11.5 Å². The molecule has 5 aromatic rings. The van der Waals surface area contributed by atoms with E-state index in [1.807, 2.05) is 6.92 Å². The van der Waals surface area contributed by atoms with Gasteiger partial charge < -0.3 is 130 Å². The Morgan fingerprint density at radius 1 is 0.508 bits per heavy atom. The van der Waals surface area contributed by atoms with E-state index >= 15 is 33.6 Å². The number of H-pyrrole nitrogens is 2. The molecule has 718 valence electrons. The van der Waals surface area contributed by atoms with Crippen LogP contribution < -0.4 is 64.6 Å². The number of thioether (sulfide) groups is 1. The first-order valence-electron chi connectivity index (χ1n) is 43.6. The smallest absolute Gasteiger partial charge is 0.305 e. The van der Waals surface area contributed by atoms with Gasteiger partial charge in [0.1, 0.15) is 90.3 Å². The van der Waals surface area contributed by atoms with Crippen LogP contribution >= 0.6 is 11.8 Å². The van der Waals surface area contributed by atoms with E-state index in [0.717, 1.165) is 31.5 Å². The number of aliphatic hydroxyl groups excluding tert-OH is 2. The topological polar surface area (TPSA) is 666 Å². The van der Waals surface area contributed by atoms with Crippen molar-refractivity contribution in [1.82, 2.24) is 87.6 Å². The summed E-state index contributed by atoms with van der Waals surface area (Å²) >= 11 is 0.681. The van der Waals surface area contributed by atoms with Crippen LogP contribution in [0.3, 0.4) is 0 Å². The zero-order chi connectivity index (χ0) is 96.9. The third-order valence-electron chi connectivity index (χ3n) is 23.4. The van der Waals surface area contributed by atoms with E-state index in [-0.39, 0.29) is 76.6 Å². The summed E-state index contributed by atoms with van der Waals surface area (Å²) in [6.45, 7) is 1.62. The second-order valence-corrected chi connectivity index (χ2v) is 34.0. The van der Waals surface area contributed by atoms with Crippen molar-refractivity contribution in [1.29, 1.82) is 0 Å². The van der Waals surface area contributed by atoms with E-state index in [9.17, 15) is 88.2 Å². The number of amides is 16. The van der Waals surface area contributed by atoms with Crippen molar-refractivity contribution in [3.8, 4) is 5.75 Å². The zero-order valence-corrected chi connectivity index (χ0v) is 75.0. The lowest BCUT2D eigenvalue weighted by molar-refractivity contribution is -0.149. The minimum Gasteiger partial charge on any atom is -0.508 e. The van der Waals surface area contributed by atoms with Gasteiger partial charge in [0.2, 0.25) is 94.5 Å². The molecule has 3 saturated heterocycles. The Balaban J connectivity index is 1.19. The fraction of sp³-hybridized carbons (Fsp3) is 0.529. The summed E-state index contributed by atoms with van der Waals surface area (Å²) in [7, 11) is 3.73. The summed E-state index contributed by atoms with van der Waals surface area (Å²) in [6, 6.07) is -4.42. The summed E-state index contributed by atoms with van der Waals surface area (Å²) in [4.78, 5) is 283. The number of primary amides is 1. The normalized spacial score (nSPS) is 25.0. The molecule has 0 saturated carbocycles. The molecule has 44 nitrogen and oxygen atoms in total. The molecule has 0 spiro atoms. The third kappa shape index (κ3) is 28.8. The molecule has 0 bridgehead atoms. The Bertz CT molecular complexity index is 5010. The summed E-state index contributed by atoms with van der Waals surface area (Å²) in [6.07, 6.45) is -2.94. The van der Waals surface area contributed by atoms with E-state index in [1.54, 1.807) is 67.8 Å². The molecule has 0 radical (unpaired) electrons. The average molecular weight is 1860 g/mol. The number of rotatable bonds is 26. The van der Waals surface area contributed by atoms with Crippen molar-refractivity contribution < 1.29 is 122 Å². The molecule has 22 N–H and O–H groups in total. The maximum absolute atomic E-state index is 15.7. The molecule has 8 rings (SSSR count). The quantitative estimate of drug-likeness (QED) is 0.0255. The van der Waals surface area contributed by atoms with Crippen molar-refractivity contribution in [3.63, 3.8) is 0 Å². The van der Waals surface area contributed by atoms with Crippen molar-refractivity contribution >= 4 is 146 Å². The molecule has 5 heterocycles. The van der Waals surface area contributed by atoms with E-state index in [2.05, 4.69) is 63.1 Å². The zero-order valence-electron chi connectivity index (χ0n) is 74.2. The van der Waals surface area contributed by atoms with Crippen LogP contribution in [0, 0.1) is 0 Å². The van der Waals surface area contributed by atoms with Crippen molar-refractivity contribution in [2.24, 2.45) is 11.5 Å². The Hall–Kier alpha value is -13.3. The number of nitrogens with zero attached hydrogens (tertiary/aromatic N) is 5. The molecule has 3 aliphatic rings. The second kappa shape index (κ2) is 49.6. The number of phenols is 1. The number of aromatic hydroxyl groups is 1. The molecular formula is C87H119N19O25S. The number of hydrogen-bond acceptors (Lipinski definition) is 24. The monoisotopic (exact) mass is 1860 g/mol. The fourth-order valence-electron chi connectivity index (χ4n) is 15.9. The van der Waals surface area contributed by atoms with E-state index in [0.29, 0.717) is 69.5 Å². The van der Waals surface area contributed by atoms with Crippen LogP contribution in [0.5, 0.6) is 5.75 Å². The lowest BCUT2D eigenvalue weighted by Crippen LogP contribution is -2.61. The number of para-hydroxylation sites is 2. The van der Waals surface area contributed by atoms with Gasteiger partial charge >= 0.3 is 17.9 Å². The molecule has 45 heteroatoms. The number of benzene rings is 3. The largest absolute Gasteiger partial charge is 0.508 e. The Labute approximate surface area is 763 Å². The van der Waals surface area contributed by atoms with Gasteiger partial charge in [-0.05, 0) is 99.4 Å². The van der Waals surface area contributed by atoms with Gasteiger partial charge in [-0.15, -0.1) is 11.8 Å². The van der Waals surface area contributed by atoms with Gasteiger partial charge in [-0.2, -0.15) is 0 Å². The molecule has 3 fully saturated rings. The average Bonchev–Trinajstić information content (AvgIpc) is 1.65. The van der Waals surface area contributed by atoms with Gasteiger partial charge in [0.25, 0.3) is 0 Å². The van der Waals surface area contributed by atoms with Crippen molar-refractivity contribution in [3.05, 3.63) is 102 Å². The Morgan fingerprint density at radius 2 is 1.00 bits per heavy atom. The van der Waals surface area contributed by atoms with Crippen LogP contribution in [-0.2, 0) is 110 Å². The summed E-state index contributed by atoms with van der Waals surface area (Å²) in [5, 5.41) is 88.6. The van der Waals surface area contributed by atoms with Crippen molar-refractivity contribution in [2.45, 2.75) is 227 Å². The number of carbonyl (C=O) groups is 19. The molecule has 0 unspecified atom stereocenters. The number of hydrogen-bond donors (Lipinski definition) is 20. The number of phenolic OH excluding ortho intramolecular Hbond substituents is 1. The number of aromatic amines is 2. The predicted molar refractivity (Wildman–Crippen MR) is 475 cm³/mol. The maximum Gasteiger partial charge on any atom is 0.305 e. The Morgan fingerprint density at radius 3 is 1.59 bits per heavy atom. The molecule has 3 aliphatic heterocycles. The number of likely N-dealkylation sites (N-methyl/N-ethyl adjacent to an activating group) is 3. The highest BCUT2D eigenvalue weighted by Crippen LogP contribution is 2.28. The molecule has 2 aromatic heterocycles. The fourth-order valence-corrected chi connectivity index (χ4v) is 16.8. The van der Waals surface area contributed by atoms with Gasteiger partial charge in [0.15, 0.2) is 0 Å². The highest BCUT2D eigenvalue weighted by Gasteiger charge is 2.47. The lowest BCUT2D eigenvalue weighted by Gasteiger charge is -2.36. The summed E-state index contributed by atoms with van der Waals surface area (Å²) < 4.78 is 0. The number of unbranched alkanes of at least 4 members (excludes halogenated alkanes) is 2. The highest BCUT2D eigenvalue weighted by molar-refractivity contribution is 8.00. The minimum atomic E-state index is -2.00. The van der Waals surface area contributed by atoms with Crippen LogP contribution in [0.15, 0.2) is 85.2 Å². The number of aliphatic hydroxyl groups is 2. The molecule has 15 atom stereocenters. The van der Waals surface area contributed by atoms with Gasteiger partial charge in [-0.25, -0.2) is 0 Å². The molecule has 3 aromatic carbocycles. The number of carboxylic acid groups (broad SMARTS) is 3. The number of fused-ring (bicyclic) bond motifs is 4. The number of aliphatic carboxylic acids is 3. The van der Waals surface area contributed by atoms with Crippen molar-refractivity contribution in [2.75, 3.05) is 65.4 Å². The lowest BCUT2D eigenvalue weighted by atomic mass is 9.99. The number of carboxylic acids is 3. The maximum atomic E-state index is 15.7. The van der Waals surface area contributed by atoms with Gasteiger partial charge in [0.05, 0.1) is 31.4 Å². The van der Waals surface area contributed by atoms with Gasteiger partial charge in [0, 0.05) is 113 Å². The predicted octanol–water partition coefficient (Wildman–Crippen LogP) is -3.53. The number of aromatic nitrogens is 2. The molecular weight excluding hydrogens is 1740 g/mol. The third-order valence-corrected chi connectivity index (χ3v) is 24.4. The first kappa shape index (κ1) is 104. The summed E-state index contributed by atoms with van der Waals surface area (Å²) in [5.74, 6) is -22.7. The molecule has 16 amide bonds. The standard InChI is InChI=1S/C87H119N19O25S/c1-7-9-20-65-80(124)95-56(27-29-71(112)113)76(120)101-64(75(119)92-41-69(89)110)44-132-45-70(111)93-60(34-47-23-25-50(108)26-24-47)83(127)102(4)46(3)74(118)98-62(38-73(116)117)86(130)105-33-15-22-66(105)81(125)100-63(43-107)79(123)96-58(28-30-72(114)115)85(129)106-42-51(109)37-68(106)82(126)97-59(35-48-39-90-54-18-13-11-16-52(48)54)78(122)94-57(31-32-88)77(121)99-61(36-49-40-91-55-19-14-12-17-53(49)55)84(128)104(6)67(21-10-8-2)87(131)103(65)5/h11-14,16-19,23-26,39-40,46,51,56-68,90-91,107-109H,7-10,15,20-22,27-38,41-45,88H2,1-6H3,(H2,89,110)(H,92,119)(H,93,111)(H,94,122)(H,95,124)(H,96,123)(H,97,126)(H,98,118)(H,99,121)(H,100,125)(H,101,120)(H,112,113)(H,114,115)(H,116,117)/t46-,51+,56-,57-,58-,59-,60-,61-,62-,63-,64-,65-,66-,67-,68-/m0/s1. The summed E-state index contributed by atoms with van der Waals surface area (Å²) in [5.41, 5.74) is 14.1. The van der Waals surface area contributed by atoms with Crippen LogP contribution in [0.2, 0.25) is 0 Å². The van der Waals surface area contributed by atoms with Crippen LogP contribution in [0.1, 0.15) is 134 Å². The van der Waals surface area contributed by atoms with Gasteiger partial charge in [-0.3, -0.25) is 91.1 Å². The number of carbonyl (C=O) groups excluding carboxylic acids is 16. The van der Waals surface area contributed by atoms with E-state index in [1.165, 1.54) is 45.3 Å². The number of nitrogens with two attached hydrogens (primary N) is 2. The second-order valence-electron chi connectivity index (χ2n) is 33.0. The molecule has 0 aliphatic carbocycles. The van der Waals surface area contributed by atoms with Gasteiger partial charge in [-0.1, -0.05) is 88.1 Å².